The lowest BCUT2D eigenvalue weighted by Crippen LogP contribution is -2.44. The van der Waals surface area contributed by atoms with Crippen molar-refractivity contribution >= 4 is 40.1 Å². The van der Waals surface area contributed by atoms with Crippen molar-refractivity contribution in [2.45, 2.75) is 63.3 Å². The van der Waals surface area contributed by atoms with Crippen LogP contribution in [0.4, 0.5) is 10.1 Å². The van der Waals surface area contributed by atoms with Gasteiger partial charge in [0.05, 0.1) is 34.7 Å². The molecule has 1 aliphatic heterocycles. The lowest BCUT2D eigenvalue weighted by Gasteiger charge is -2.21. The molecule has 0 radical (unpaired) electrons. The number of nitrogens with one attached hydrogen (secondary N) is 3. The van der Waals surface area contributed by atoms with Gasteiger partial charge in [0.15, 0.2) is 11.3 Å². The van der Waals surface area contributed by atoms with Crippen LogP contribution in [-0.2, 0) is 29.6 Å². The van der Waals surface area contributed by atoms with E-state index in [4.69, 9.17) is 5.10 Å². The van der Waals surface area contributed by atoms with Crippen molar-refractivity contribution in [2.24, 2.45) is 7.05 Å². The molecule has 2 fully saturated rings. The molecule has 14 heteroatoms. The third kappa shape index (κ3) is 5.33. The highest BCUT2D eigenvalue weighted by Crippen LogP contribution is 2.28. The Morgan fingerprint density at radius 1 is 1.13 bits per heavy atom. The second-order valence-electron chi connectivity index (χ2n) is 12.0. The summed E-state index contributed by atoms with van der Waals surface area (Å²) in [6.07, 6.45) is 7.95. The minimum atomic E-state index is -1.00. The number of hydrogen-bond acceptors (Lipinski definition) is 7. The largest absolute Gasteiger partial charge is 0.385 e. The number of rotatable bonds is 10. The van der Waals surface area contributed by atoms with Crippen molar-refractivity contribution in [1.29, 1.82) is 0 Å². The molecule has 46 heavy (non-hydrogen) atoms. The number of aromatic nitrogens is 6. The number of carbonyl (C=O) groups excluding carboxylic acids is 3. The summed E-state index contributed by atoms with van der Waals surface area (Å²) in [5.41, 5.74) is 5.28. The van der Waals surface area contributed by atoms with Gasteiger partial charge in [0.2, 0.25) is 11.8 Å². The highest BCUT2D eigenvalue weighted by Gasteiger charge is 2.39. The van der Waals surface area contributed by atoms with Crippen molar-refractivity contribution in [2.75, 3.05) is 12.4 Å². The zero-order valence-corrected chi connectivity index (χ0v) is 25.5. The molecule has 1 aromatic carbocycles. The molecule has 3 N–H and O–H groups in total. The van der Waals surface area contributed by atoms with E-state index >= 15 is 0 Å². The van der Waals surface area contributed by atoms with Crippen LogP contribution in [0, 0.1) is 0 Å². The molecule has 3 amide bonds. The summed E-state index contributed by atoms with van der Waals surface area (Å²) < 4.78 is 20.0. The predicted molar refractivity (Wildman–Crippen MR) is 168 cm³/mol. The Morgan fingerprint density at radius 2 is 1.96 bits per heavy atom. The van der Waals surface area contributed by atoms with Crippen LogP contribution in [0.25, 0.3) is 27.9 Å². The molecule has 5 aromatic rings. The van der Waals surface area contributed by atoms with Crippen LogP contribution in [0.1, 0.15) is 54.2 Å². The van der Waals surface area contributed by atoms with E-state index in [0.29, 0.717) is 35.4 Å². The molecule has 1 unspecified atom stereocenters. The van der Waals surface area contributed by atoms with Gasteiger partial charge < -0.3 is 15.2 Å². The average Bonchev–Trinajstić information content (AvgIpc) is 3.38. The normalized spacial score (nSPS) is 19.5. The van der Waals surface area contributed by atoms with Gasteiger partial charge in [-0.2, -0.15) is 5.10 Å². The number of nitrogens with zero attached hydrogens (tertiary/aromatic N) is 6. The molecule has 1 aliphatic carbocycles. The van der Waals surface area contributed by atoms with Gasteiger partial charge in [-0.3, -0.25) is 28.8 Å². The monoisotopic (exact) mass is 627 g/mol. The number of aryl methyl sites for hydroxylation is 3. The standard InChI is InChI=1S/C32H34FN9O4/c1-34-23-15-21(38-42-27(16-35-29(23)42)31(45)36-22-14-20(22)33)19-10-12-40(17-19)11-4-3-5-18-6-7-24-26(13-18)39(2)32(46)41(24)25-8-9-28(43)37-30(25)44/h6-7,10,12-13,15-17,20,22,25,34H,3-5,8-9,11,14H2,1-2H3,(H,36,45)(H,37,43,44)/t20-,22+,25?/m0/s1. The molecule has 238 valence electrons. The van der Waals surface area contributed by atoms with E-state index in [-0.39, 0.29) is 23.7 Å². The SMILES string of the molecule is CNc1cc(-c2ccn(CCCCc3ccc4c(c3)n(C)c(=O)n4C3CCC(=O)NC3=O)c2)nn2c(C(=O)N[C@@H]3C[C@@H]3F)cnc12. The molecule has 0 spiro atoms. The number of piperidine rings is 1. The Morgan fingerprint density at radius 3 is 2.72 bits per heavy atom. The van der Waals surface area contributed by atoms with E-state index in [9.17, 15) is 23.6 Å². The lowest BCUT2D eigenvalue weighted by atomic mass is 10.0. The molecule has 5 heterocycles. The number of unbranched alkanes of at least 4 members (excludes halogenated alkanes) is 1. The molecule has 1 saturated carbocycles. The number of anilines is 1. The van der Waals surface area contributed by atoms with Gasteiger partial charge in [-0.15, -0.1) is 0 Å². The second-order valence-corrected chi connectivity index (χ2v) is 12.0. The maximum absolute atomic E-state index is 13.4. The number of alkyl halides is 1. The van der Waals surface area contributed by atoms with E-state index in [1.807, 2.05) is 42.7 Å². The fraction of sp³-hybridized carbons (Fsp3) is 0.375. The predicted octanol–water partition coefficient (Wildman–Crippen LogP) is 2.73. The van der Waals surface area contributed by atoms with Crippen molar-refractivity contribution in [3.8, 4) is 11.3 Å². The van der Waals surface area contributed by atoms with Crippen molar-refractivity contribution in [3.05, 3.63) is 70.7 Å². The van der Waals surface area contributed by atoms with E-state index < -0.39 is 30.1 Å². The summed E-state index contributed by atoms with van der Waals surface area (Å²) in [7, 11) is 3.48. The van der Waals surface area contributed by atoms with Gasteiger partial charge in [0.25, 0.3) is 5.91 Å². The Hall–Kier alpha value is -5.27. The molecule has 7 rings (SSSR count). The first-order valence-corrected chi connectivity index (χ1v) is 15.4. The molecule has 2 aliphatic rings. The third-order valence-electron chi connectivity index (χ3n) is 8.85. The fourth-order valence-electron chi connectivity index (χ4n) is 6.15. The summed E-state index contributed by atoms with van der Waals surface area (Å²) in [5.74, 6) is -1.16. The van der Waals surface area contributed by atoms with Crippen LogP contribution in [0.5, 0.6) is 0 Å². The van der Waals surface area contributed by atoms with Crippen LogP contribution in [0.15, 0.2) is 53.7 Å². The minimum absolute atomic E-state index is 0.205. The highest BCUT2D eigenvalue weighted by atomic mass is 19.1. The Kier molecular flexibility index (Phi) is 7.41. The number of carbonyl (C=O) groups is 3. The number of amides is 3. The van der Waals surface area contributed by atoms with E-state index in [1.54, 1.807) is 18.7 Å². The lowest BCUT2D eigenvalue weighted by molar-refractivity contribution is -0.135. The first-order valence-electron chi connectivity index (χ1n) is 15.4. The van der Waals surface area contributed by atoms with E-state index in [0.717, 1.165) is 42.5 Å². The van der Waals surface area contributed by atoms with Gasteiger partial charge in [-0.05, 0) is 55.5 Å². The molecule has 0 bridgehead atoms. The number of hydrogen-bond donors (Lipinski definition) is 3. The average molecular weight is 628 g/mol. The molecule has 4 aromatic heterocycles. The van der Waals surface area contributed by atoms with Crippen LogP contribution in [0.2, 0.25) is 0 Å². The Labute approximate surface area is 262 Å². The van der Waals surface area contributed by atoms with Gasteiger partial charge in [0, 0.05) is 51.4 Å². The Balaban J connectivity index is 1.01. The quantitative estimate of drug-likeness (QED) is 0.159. The summed E-state index contributed by atoms with van der Waals surface area (Å²) in [6, 6.07) is 8.58. The van der Waals surface area contributed by atoms with Gasteiger partial charge >= 0.3 is 5.69 Å². The van der Waals surface area contributed by atoms with Gasteiger partial charge in [-0.1, -0.05) is 6.07 Å². The summed E-state index contributed by atoms with van der Waals surface area (Å²) in [6.45, 7) is 0.790. The number of fused-ring (bicyclic) bond motifs is 2. The number of imidazole rings is 2. The van der Waals surface area contributed by atoms with Crippen LogP contribution in [-0.4, -0.2) is 65.3 Å². The van der Waals surface area contributed by atoms with E-state index in [1.165, 1.54) is 15.3 Å². The van der Waals surface area contributed by atoms with E-state index in [2.05, 4.69) is 25.5 Å². The van der Waals surface area contributed by atoms with Gasteiger partial charge in [0.1, 0.15) is 12.2 Å². The topological polar surface area (TPSA) is 149 Å². The van der Waals surface area contributed by atoms with Crippen LogP contribution in [0.3, 0.4) is 0 Å². The number of halogens is 1. The van der Waals surface area contributed by atoms with Gasteiger partial charge in [-0.25, -0.2) is 18.7 Å². The molecular weight excluding hydrogens is 593 g/mol. The first kappa shape index (κ1) is 29.4. The van der Waals surface area contributed by atoms with Crippen molar-refractivity contribution < 1.29 is 18.8 Å². The maximum Gasteiger partial charge on any atom is 0.329 e. The highest BCUT2D eigenvalue weighted by molar-refractivity contribution is 6.00. The number of imide groups is 1. The third-order valence-corrected chi connectivity index (χ3v) is 8.85. The second kappa shape index (κ2) is 11.6. The first-order chi connectivity index (χ1) is 22.2. The molecule has 3 atom stereocenters. The summed E-state index contributed by atoms with van der Waals surface area (Å²) in [4.78, 5) is 54.2. The fourth-order valence-corrected chi connectivity index (χ4v) is 6.15. The minimum Gasteiger partial charge on any atom is -0.385 e. The number of benzene rings is 1. The summed E-state index contributed by atoms with van der Waals surface area (Å²) >= 11 is 0. The van der Waals surface area contributed by atoms with Crippen molar-refractivity contribution in [3.63, 3.8) is 0 Å². The van der Waals surface area contributed by atoms with Crippen molar-refractivity contribution in [1.82, 2.24) is 38.9 Å². The van der Waals surface area contributed by atoms with Crippen LogP contribution >= 0.6 is 0 Å². The molecule has 1 saturated heterocycles. The Bertz CT molecular complexity index is 2070. The molecular formula is C32H34FN9O4. The summed E-state index contributed by atoms with van der Waals surface area (Å²) in [5, 5.41) is 12.8. The zero-order chi connectivity index (χ0) is 32.1. The molecule has 13 nitrogen and oxygen atoms in total. The zero-order valence-electron chi connectivity index (χ0n) is 25.5. The smallest absolute Gasteiger partial charge is 0.329 e. The van der Waals surface area contributed by atoms with Crippen LogP contribution < -0.4 is 21.6 Å². The maximum atomic E-state index is 13.4.